The van der Waals surface area contributed by atoms with Gasteiger partial charge in [0.15, 0.2) is 11.5 Å². The van der Waals surface area contributed by atoms with Crippen LogP contribution in [-0.2, 0) is 11.4 Å². The van der Waals surface area contributed by atoms with E-state index < -0.39 is 6.03 Å². The molecule has 0 aliphatic carbocycles. The monoisotopic (exact) mass is 430 g/mol. The predicted molar refractivity (Wildman–Crippen MR) is 105 cm³/mol. The highest BCUT2D eigenvalue weighted by atomic mass is 79.9. The van der Waals surface area contributed by atoms with E-state index in [1.165, 1.54) is 12.6 Å². The van der Waals surface area contributed by atoms with Crippen molar-refractivity contribution in [2.75, 3.05) is 14.2 Å². The molecule has 0 saturated carbocycles. The van der Waals surface area contributed by atoms with Crippen LogP contribution in [0.25, 0.3) is 6.08 Å². The number of halogens is 1. The van der Waals surface area contributed by atoms with Gasteiger partial charge in [-0.1, -0.05) is 45.8 Å². The molecule has 3 rings (SSSR count). The summed E-state index contributed by atoms with van der Waals surface area (Å²) in [7, 11) is 2.98. The van der Waals surface area contributed by atoms with Crippen LogP contribution < -0.4 is 14.8 Å². The van der Waals surface area contributed by atoms with Crippen molar-refractivity contribution >= 4 is 33.9 Å². The Kier molecular flexibility index (Phi) is 5.51. The van der Waals surface area contributed by atoms with Crippen molar-refractivity contribution < 1.29 is 19.1 Å². The molecule has 1 heterocycles. The molecule has 6 nitrogen and oxygen atoms in total. The van der Waals surface area contributed by atoms with E-state index in [1.54, 1.807) is 25.3 Å². The zero-order valence-corrected chi connectivity index (χ0v) is 16.8. The van der Waals surface area contributed by atoms with Gasteiger partial charge in [-0.3, -0.25) is 9.69 Å². The fourth-order valence-electron chi connectivity index (χ4n) is 2.56. The topological polar surface area (TPSA) is 67.9 Å². The number of likely N-dealkylation sites (N-methyl/N-ethyl adjacent to an activating group) is 1. The van der Waals surface area contributed by atoms with Gasteiger partial charge in [0.2, 0.25) is 0 Å². The Morgan fingerprint density at radius 1 is 1.15 bits per heavy atom. The van der Waals surface area contributed by atoms with Crippen LogP contribution in [0.15, 0.2) is 46.6 Å². The van der Waals surface area contributed by atoms with E-state index >= 15 is 0 Å². The maximum Gasteiger partial charge on any atom is 0.328 e. The van der Waals surface area contributed by atoms with Gasteiger partial charge in [0.05, 0.1) is 7.11 Å². The Labute approximate surface area is 165 Å². The molecule has 3 amide bonds. The number of nitrogens with one attached hydrogen (secondary N) is 1. The maximum atomic E-state index is 12.0. The van der Waals surface area contributed by atoms with E-state index in [1.807, 2.05) is 31.2 Å². The third kappa shape index (κ3) is 4.14. The lowest BCUT2D eigenvalue weighted by molar-refractivity contribution is -0.121. The largest absolute Gasteiger partial charge is 0.493 e. The van der Waals surface area contributed by atoms with Gasteiger partial charge >= 0.3 is 6.03 Å². The van der Waals surface area contributed by atoms with Gasteiger partial charge in [0.25, 0.3) is 5.91 Å². The van der Waals surface area contributed by atoms with Gasteiger partial charge in [-0.15, -0.1) is 0 Å². The van der Waals surface area contributed by atoms with E-state index in [0.29, 0.717) is 28.1 Å². The molecule has 0 spiro atoms. The van der Waals surface area contributed by atoms with Crippen LogP contribution in [0.5, 0.6) is 11.5 Å². The molecule has 1 N–H and O–H groups in total. The van der Waals surface area contributed by atoms with Crippen molar-refractivity contribution in [1.82, 2.24) is 10.2 Å². The van der Waals surface area contributed by atoms with Gasteiger partial charge in [0, 0.05) is 11.5 Å². The molecule has 0 unspecified atom stereocenters. The van der Waals surface area contributed by atoms with Crippen LogP contribution in [0.2, 0.25) is 0 Å². The van der Waals surface area contributed by atoms with Gasteiger partial charge in [-0.05, 0) is 36.3 Å². The van der Waals surface area contributed by atoms with Gasteiger partial charge in [0.1, 0.15) is 12.3 Å². The second-order valence-corrected chi connectivity index (χ2v) is 7.01. The molecule has 1 aliphatic heterocycles. The van der Waals surface area contributed by atoms with Crippen molar-refractivity contribution in [2.24, 2.45) is 0 Å². The number of hydrogen-bond donors (Lipinski definition) is 1. The third-order valence-electron chi connectivity index (χ3n) is 4.18. The summed E-state index contributed by atoms with van der Waals surface area (Å²) >= 11 is 3.49. The summed E-state index contributed by atoms with van der Waals surface area (Å²) in [5.74, 6) is 0.721. The predicted octanol–water partition coefficient (Wildman–Crippen LogP) is 3.87. The first-order valence-electron chi connectivity index (χ1n) is 8.25. The lowest BCUT2D eigenvalue weighted by atomic mass is 10.1. The summed E-state index contributed by atoms with van der Waals surface area (Å²) in [6.45, 7) is 2.44. The molecule has 140 valence electrons. The molecular weight excluding hydrogens is 412 g/mol. The SMILES string of the molecule is COc1cc(/C=C2/NC(=O)N(C)C2=O)c(Br)cc1OCc1ccc(C)cc1. The quantitative estimate of drug-likeness (QED) is 0.577. The number of aryl methyl sites for hydroxylation is 1. The Hall–Kier alpha value is -2.80. The number of rotatable bonds is 5. The van der Waals surface area contributed by atoms with Crippen LogP contribution in [0, 0.1) is 6.92 Å². The average molecular weight is 431 g/mol. The number of imide groups is 1. The van der Waals surface area contributed by atoms with Crippen molar-refractivity contribution in [2.45, 2.75) is 13.5 Å². The minimum atomic E-state index is -0.451. The first-order valence-corrected chi connectivity index (χ1v) is 9.05. The van der Waals surface area contributed by atoms with Crippen LogP contribution >= 0.6 is 15.9 Å². The lowest BCUT2D eigenvalue weighted by Gasteiger charge is -2.13. The molecule has 0 bridgehead atoms. The third-order valence-corrected chi connectivity index (χ3v) is 4.87. The maximum absolute atomic E-state index is 12.0. The first-order chi connectivity index (χ1) is 12.9. The Bertz CT molecular complexity index is 922. The van der Waals surface area contributed by atoms with Crippen LogP contribution in [0.4, 0.5) is 4.79 Å². The van der Waals surface area contributed by atoms with Crippen molar-refractivity contribution in [3.05, 3.63) is 63.3 Å². The number of urea groups is 1. The van der Waals surface area contributed by atoms with Gasteiger partial charge in [-0.25, -0.2) is 4.79 Å². The number of methoxy groups -OCH3 is 1. The number of carbonyl (C=O) groups excluding carboxylic acids is 2. The molecule has 0 aromatic heterocycles. The number of benzene rings is 2. The summed E-state index contributed by atoms with van der Waals surface area (Å²) in [6, 6.07) is 11.2. The number of hydrogen-bond acceptors (Lipinski definition) is 4. The summed E-state index contributed by atoms with van der Waals surface area (Å²) in [4.78, 5) is 24.6. The molecule has 2 aromatic carbocycles. The van der Waals surface area contributed by atoms with Crippen molar-refractivity contribution in [3.63, 3.8) is 0 Å². The minimum absolute atomic E-state index is 0.207. The Morgan fingerprint density at radius 3 is 2.44 bits per heavy atom. The average Bonchev–Trinajstić information content (AvgIpc) is 2.89. The highest BCUT2D eigenvalue weighted by Crippen LogP contribution is 2.35. The molecule has 1 aliphatic rings. The molecule has 0 atom stereocenters. The zero-order chi connectivity index (χ0) is 19.6. The number of carbonyl (C=O) groups is 2. The summed E-state index contributed by atoms with van der Waals surface area (Å²) in [6.07, 6.45) is 1.60. The van der Waals surface area contributed by atoms with E-state index in [0.717, 1.165) is 10.5 Å². The second kappa shape index (κ2) is 7.84. The van der Waals surface area contributed by atoms with Gasteiger partial charge in [-0.2, -0.15) is 0 Å². The van der Waals surface area contributed by atoms with Crippen LogP contribution in [-0.4, -0.2) is 31.0 Å². The Balaban J connectivity index is 1.84. The number of ether oxygens (including phenoxy) is 2. The molecular formula is C20H19BrN2O4. The van der Waals surface area contributed by atoms with Crippen molar-refractivity contribution in [3.8, 4) is 11.5 Å². The minimum Gasteiger partial charge on any atom is -0.493 e. The highest BCUT2D eigenvalue weighted by molar-refractivity contribution is 9.10. The summed E-state index contributed by atoms with van der Waals surface area (Å²) in [5, 5.41) is 2.54. The van der Waals surface area contributed by atoms with E-state index in [4.69, 9.17) is 9.47 Å². The molecule has 0 radical (unpaired) electrons. The first kappa shape index (κ1) is 19.0. The highest BCUT2D eigenvalue weighted by Gasteiger charge is 2.30. The smallest absolute Gasteiger partial charge is 0.328 e. The Morgan fingerprint density at radius 2 is 1.85 bits per heavy atom. The lowest BCUT2D eigenvalue weighted by Crippen LogP contribution is -2.25. The fraction of sp³-hybridized carbons (Fsp3) is 0.200. The zero-order valence-electron chi connectivity index (χ0n) is 15.2. The number of nitrogens with zero attached hydrogens (tertiary/aromatic N) is 1. The molecule has 1 saturated heterocycles. The molecule has 7 heteroatoms. The van der Waals surface area contributed by atoms with Crippen molar-refractivity contribution in [1.29, 1.82) is 0 Å². The standard InChI is InChI=1S/C20H19BrN2O4/c1-12-4-6-13(7-5-12)11-27-18-10-15(21)14(9-17(18)26-3)8-16-19(24)23(2)20(25)22-16/h4-10H,11H2,1-3H3,(H,22,25)/b16-8+. The van der Waals surface area contributed by atoms with E-state index in [-0.39, 0.29) is 11.6 Å². The van der Waals surface area contributed by atoms with E-state index in [9.17, 15) is 9.59 Å². The summed E-state index contributed by atoms with van der Waals surface area (Å²) < 4.78 is 12.0. The fourth-order valence-corrected chi connectivity index (χ4v) is 2.99. The van der Waals surface area contributed by atoms with Crippen LogP contribution in [0.3, 0.4) is 0 Å². The summed E-state index contributed by atoms with van der Waals surface area (Å²) in [5.41, 5.74) is 3.13. The van der Waals surface area contributed by atoms with Crippen LogP contribution in [0.1, 0.15) is 16.7 Å². The van der Waals surface area contributed by atoms with Gasteiger partial charge < -0.3 is 14.8 Å². The normalized spacial score (nSPS) is 15.3. The molecule has 1 fully saturated rings. The molecule has 27 heavy (non-hydrogen) atoms. The van der Waals surface area contributed by atoms with E-state index in [2.05, 4.69) is 21.2 Å². The number of amides is 3. The molecule has 2 aromatic rings. The second-order valence-electron chi connectivity index (χ2n) is 6.15.